The fourth-order valence-corrected chi connectivity index (χ4v) is 3.38. The number of pyridine rings is 1. The molecule has 3 N–H and O–H groups in total. The van der Waals surface area contributed by atoms with E-state index in [1.807, 2.05) is 36.5 Å². The lowest BCUT2D eigenvalue weighted by Gasteiger charge is -2.13. The number of rotatable bonds is 7. The summed E-state index contributed by atoms with van der Waals surface area (Å²) in [6.07, 6.45) is 4.81. The van der Waals surface area contributed by atoms with E-state index in [1.54, 1.807) is 6.20 Å². The van der Waals surface area contributed by atoms with E-state index in [9.17, 15) is 5.26 Å². The summed E-state index contributed by atoms with van der Waals surface area (Å²) in [5.74, 6) is 0.287. The van der Waals surface area contributed by atoms with Crippen molar-refractivity contribution < 1.29 is 9.84 Å². The SMILES string of the molecule is N#Cc1ncc(Cc2cc3cccc(NCCO)c3cn2)nc1O[C@@H]1CCNC1. The van der Waals surface area contributed by atoms with Crippen LogP contribution in [0.15, 0.2) is 36.7 Å². The Balaban J connectivity index is 1.57. The number of hydrogen-bond donors (Lipinski definition) is 3. The van der Waals surface area contributed by atoms with Crippen LogP contribution in [0.3, 0.4) is 0 Å². The third kappa shape index (κ3) is 4.42. The van der Waals surface area contributed by atoms with Crippen molar-refractivity contribution in [2.75, 3.05) is 31.6 Å². The van der Waals surface area contributed by atoms with E-state index in [4.69, 9.17) is 9.84 Å². The Morgan fingerprint density at radius 3 is 3.00 bits per heavy atom. The number of nitrogens with zero attached hydrogens (tertiary/aromatic N) is 4. The number of benzene rings is 1. The number of aromatic nitrogens is 3. The lowest BCUT2D eigenvalue weighted by atomic mass is 10.1. The Hall–Kier alpha value is -3.28. The van der Waals surface area contributed by atoms with Gasteiger partial charge in [-0.2, -0.15) is 5.26 Å². The summed E-state index contributed by atoms with van der Waals surface area (Å²) in [4.78, 5) is 13.3. The van der Waals surface area contributed by atoms with E-state index >= 15 is 0 Å². The number of nitriles is 1. The van der Waals surface area contributed by atoms with Crippen molar-refractivity contribution in [2.24, 2.45) is 0 Å². The minimum absolute atomic E-state index is 0.00952. The third-order valence-electron chi connectivity index (χ3n) is 4.80. The Morgan fingerprint density at radius 2 is 2.21 bits per heavy atom. The zero-order chi connectivity index (χ0) is 20.1. The number of anilines is 1. The molecule has 2 aromatic heterocycles. The third-order valence-corrected chi connectivity index (χ3v) is 4.80. The molecule has 0 spiro atoms. The largest absolute Gasteiger partial charge is 0.471 e. The fraction of sp³-hybridized carbons (Fsp3) is 0.333. The highest BCUT2D eigenvalue weighted by Gasteiger charge is 2.19. The van der Waals surface area contributed by atoms with Gasteiger partial charge < -0.3 is 20.5 Å². The molecule has 0 saturated carbocycles. The Bertz CT molecular complexity index is 1040. The standard InChI is InChI=1S/C21H22N6O2/c22-10-20-21(29-17-4-5-23-12-17)27-16(11-26-20)9-15-8-14-2-1-3-19(24-6-7-28)18(14)13-25-15/h1-3,8,11,13,17,23-24,28H,4-7,9,12H2/t17-/m1/s1. The van der Waals surface area contributed by atoms with Gasteiger partial charge in [0.1, 0.15) is 12.2 Å². The number of aliphatic hydroxyl groups is 1. The van der Waals surface area contributed by atoms with Crippen LogP contribution in [0.2, 0.25) is 0 Å². The van der Waals surface area contributed by atoms with Crippen molar-refractivity contribution in [1.29, 1.82) is 5.26 Å². The van der Waals surface area contributed by atoms with Crippen molar-refractivity contribution in [3.8, 4) is 11.9 Å². The zero-order valence-electron chi connectivity index (χ0n) is 15.9. The van der Waals surface area contributed by atoms with E-state index in [-0.39, 0.29) is 24.3 Å². The second kappa shape index (κ2) is 8.82. The first-order valence-electron chi connectivity index (χ1n) is 9.62. The highest BCUT2D eigenvalue weighted by molar-refractivity contribution is 5.93. The summed E-state index contributed by atoms with van der Waals surface area (Å²) in [7, 11) is 0. The second-order valence-corrected chi connectivity index (χ2v) is 6.89. The molecule has 0 unspecified atom stereocenters. The average Bonchev–Trinajstić information content (AvgIpc) is 3.25. The molecule has 148 valence electrons. The minimum atomic E-state index is 0.00952. The van der Waals surface area contributed by atoms with Gasteiger partial charge in [-0.3, -0.25) is 4.98 Å². The van der Waals surface area contributed by atoms with E-state index in [0.29, 0.717) is 18.7 Å². The summed E-state index contributed by atoms with van der Waals surface area (Å²) in [5, 5.41) is 26.8. The first-order chi connectivity index (χ1) is 14.3. The smallest absolute Gasteiger partial charge is 0.251 e. The molecule has 0 aliphatic carbocycles. The van der Waals surface area contributed by atoms with E-state index in [1.165, 1.54) is 0 Å². The molecule has 8 nitrogen and oxygen atoms in total. The molecular formula is C21H22N6O2. The van der Waals surface area contributed by atoms with Crippen LogP contribution in [0.1, 0.15) is 23.5 Å². The summed E-state index contributed by atoms with van der Waals surface area (Å²) in [6, 6.07) is 10.0. The molecule has 1 fully saturated rings. The van der Waals surface area contributed by atoms with Crippen LogP contribution in [0.4, 0.5) is 5.69 Å². The van der Waals surface area contributed by atoms with Gasteiger partial charge in [0, 0.05) is 42.5 Å². The molecule has 4 rings (SSSR count). The second-order valence-electron chi connectivity index (χ2n) is 6.89. The van der Waals surface area contributed by atoms with Crippen LogP contribution in [-0.2, 0) is 6.42 Å². The van der Waals surface area contributed by atoms with E-state index < -0.39 is 0 Å². The summed E-state index contributed by atoms with van der Waals surface area (Å²) in [5.41, 5.74) is 2.69. The molecule has 8 heteroatoms. The summed E-state index contributed by atoms with van der Waals surface area (Å²) >= 11 is 0. The van der Waals surface area contributed by atoms with Gasteiger partial charge in [0.05, 0.1) is 18.5 Å². The zero-order valence-corrected chi connectivity index (χ0v) is 15.9. The maximum absolute atomic E-state index is 9.30. The molecule has 3 aromatic rings. The summed E-state index contributed by atoms with van der Waals surface area (Å²) in [6.45, 7) is 2.20. The molecule has 0 bridgehead atoms. The lowest BCUT2D eigenvalue weighted by Crippen LogP contribution is -2.21. The number of nitrogens with one attached hydrogen (secondary N) is 2. The average molecular weight is 390 g/mol. The van der Waals surface area contributed by atoms with Crippen LogP contribution in [0.5, 0.6) is 5.88 Å². The first kappa shape index (κ1) is 19.1. The predicted molar refractivity (Wildman–Crippen MR) is 109 cm³/mol. The van der Waals surface area contributed by atoms with Crippen molar-refractivity contribution >= 4 is 16.5 Å². The van der Waals surface area contributed by atoms with Crippen LogP contribution < -0.4 is 15.4 Å². The van der Waals surface area contributed by atoms with Crippen molar-refractivity contribution in [3.05, 3.63) is 53.7 Å². The van der Waals surface area contributed by atoms with Crippen LogP contribution in [-0.4, -0.2) is 52.4 Å². The van der Waals surface area contributed by atoms with Gasteiger partial charge in [0.15, 0.2) is 0 Å². The Morgan fingerprint density at radius 1 is 1.28 bits per heavy atom. The molecule has 0 amide bonds. The van der Waals surface area contributed by atoms with Crippen LogP contribution in [0.25, 0.3) is 10.8 Å². The minimum Gasteiger partial charge on any atom is -0.471 e. The highest BCUT2D eigenvalue weighted by atomic mass is 16.5. The molecule has 0 radical (unpaired) electrons. The topological polar surface area (TPSA) is 116 Å². The molecular weight excluding hydrogens is 368 g/mol. The number of fused-ring (bicyclic) bond motifs is 1. The number of aliphatic hydroxyl groups excluding tert-OH is 1. The van der Waals surface area contributed by atoms with Crippen LogP contribution in [0, 0.1) is 11.3 Å². The van der Waals surface area contributed by atoms with Crippen molar-refractivity contribution in [2.45, 2.75) is 18.9 Å². The van der Waals surface area contributed by atoms with Gasteiger partial charge in [-0.25, -0.2) is 9.97 Å². The number of hydrogen-bond acceptors (Lipinski definition) is 8. The van der Waals surface area contributed by atoms with Crippen LogP contribution >= 0.6 is 0 Å². The van der Waals surface area contributed by atoms with Gasteiger partial charge in [-0.1, -0.05) is 12.1 Å². The normalized spacial score (nSPS) is 15.9. The van der Waals surface area contributed by atoms with Gasteiger partial charge in [-0.15, -0.1) is 0 Å². The molecule has 1 saturated heterocycles. The van der Waals surface area contributed by atoms with Gasteiger partial charge >= 0.3 is 0 Å². The maximum atomic E-state index is 9.30. The molecule has 1 aromatic carbocycles. The maximum Gasteiger partial charge on any atom is 0.251 e. The van der Waals surface area contributed by atoms with E-state index in [0.717, 1.165) is 41.7 Å². The Kier molecular flexibility index (Phi) is 5.79. The molecule has 1 aliphatic heterocycles. The predicted octanol–water partition coefficient (Wildman–Crippen LogP) is 1.63. The van der Waals surface area contributed by atoms with Gasteiger partial charge in [0.25, 0.3) is 5.88 Å². The van der Waals surface area contributed by atoms with Crippen molar-refractivity contribution in [1.82, 2.24) is 20.3 Å². The fourth-order valence-electron chi connectivity index (χ4n) is 3.38. The van der Waals surface area contributed by atoms with E-state index in [2.05, 4.69) is 25.6 Å². The monoisotopic (exact) mass is 390 g/mol. The van der Waals surface area contributed by atoms with Crippen molar-refractivity contribution in [3.63, 3.8) is 0 Å². The molecule has 29 heavy (non-hydrogen) atoms. The number of ether oxygens (including phenoxy) is 1. The molecule has 1 atom stereocenters. The first-order valence-corrected chi connectivity index (χ1v) is 9.62. The molecule has 3 heterocycles. The van der Waals surface area contributed by atoms with Gasteiger partial charge in [-0.05, 0) is 30.5 Å². The highest BCUT2D eigenvalue weighted by Crippen LogP contribution is 2.24. The molecule has 1 aliphatic rings. The van der Waals surface area contributed by atoms with Gasteiger partial charge in [0.2, 0.25) is 5.69 Å². The lowest BCUT2D eigenvalue weighted by molar-refractivity contribution is 0.212. The quantitative estimate of drug-likeness (QED) is 0.557. The Labute approximate surface area is 168 Å². The summed E-state index contributed by atoms with van der Waals surface area (Å²) < 4.78 is 5.89.